The number of nitrogens with two attached hydrogens (primary N) is 1. The molecule has 7 nitrogen and oxygen atoms in total. The summed E-state index contributed by atoms with van der Waals surface area (Å²) in [5.74, 6) is -2.96. The van der Waals surface area contributed by atoms with Crippen LogP contribution in [0.15, 0.2) is 47.3 Å². The Bertz CT molecular complexity index is 1300. The third kappa shape index (κ3) is 2.72. The van der Waals surface area contributed by atoms with Gasteiger partial charge in [-0.15, -0.1) is 0 Å². The molecule has 10 heteroatoms. The molecule has 0 bridgehead atoms. The maximum atomic E-state index is 14.3. The van der Waals surface area contributed by atoms with Gasteiger partial charge in [0.2, 0.25) is 0 Å². The monoisotopic (exact) mass is 401 g/mol. The fourth-order valence-electron chi connectivity index (χ4n) is 2.84. The van der Waals surface area contributed by atoms with Crippen LogP contribution in [0.25, 0.3) is 28.2 Å². The van der Waals surface area contributed by atoms with Crippen molar-refractivity contribution in [3.63, 3.8) is 0 Å². The normalized spacial score (nSPS) is 11.1. The fourth-order valence-corrected chi connectivity index (χ4v) is 3.06. The van der Waals surface area contributed by atoms with Crippen molar-refractivity contribution in [3.8, 4) is 17.1 Å². The molecule has 28 heavy (non-hydrogen) atoms. The second kappa shape index (κ2) is 6.54. The predicted molar refractivity (Wildman–Crippen MR) is 98.4 cm³/mol. The van der Waals surface area contributed by atoms with Crippen LogP contribution in [-0.4, -0.2) is 25.4 Å². The zero-order valence-electron chi connectivity index (χ0n) is 13.9. The van der Waals surface area contributed by atoms with Crippen LogP contribution in [0.3, 0.4) is 0 Å². The Morgan fingerprint density at radius 1 is 1.07 bits per heavy atom. The molecule has 4 aromatic rings. The molecule has 0 saturated carbocycles. The van der Waals surface area contributed by atoms with Crippen LogP contribution in [0, 0.1) is 11.6 Å². The maximum Gasteiger partial charge on any atom is 0.332 e. The minimum Gasteiger partial charge on any atom is -0.364 e. The molecule has 0 aliphatic rings. The number of primary amides is 1. The molecule has 0 atom stereocenters. The Balaban J connectivity index is 2.14. The van der Waals surface area contributed by atoms with E-state index < -0.39 is 28.9 Å². The van der Waals surface area contributed by atoms with Crippen LogP contribution in [0.1, 0.15) is 10.5 Å². The molecular formula is C18H10ClF2N5O2. The Kier molecular flexibility index (Phi) is 4.16. The molecule has 0 saturated heterocycles. The number of imidazole rings is 1. The summed E-state index contributed by atoms with van der Waals surface area (Å²) in [5, 5.41) is 0.277. The molecule has 0 radical (unpaired) electrons. The van der Waals surface area contributed by atoms with Gasteiger partial charge in [0.25, 0.3) is 5.91 Å². The lowest BCUT2D eigenvalue weighted by Crippen LogP contribution is -2.18. The molecule has 0 spiro atoms. The van der Waals surface area contributed by atoms with Crippen molar-refractivity contribution in [3.05, 3.63) is 75.3 Å². The van der Waals surface area contributed by atoms with Gasteiger partial charge in [-0.25, -0.2) is 28.1 Å². The largest absolute Gasteiger partial charge is 0.364 e. The number of para-hydroxylation sites is 1. The van der Waals surface area contributed by atoms with Gasteiger partial charge in [-0.1, -0.05) is 29.8 Å². The first kappa shape index (κ1) is 17.8. The van der Waals surface area contributed by atoms with Gasteiger partial charge in [-0.3, -0.25) is 4.79 Å². The zero-order chi connectivity index (χ0) is 20.0. The first-order valence-corrected chi connectivity index (χ1v) is 8.28. The summed E-state index contributed by atoms with van der Waals surface area (Å²) < 4.78 is 29.3. The number of benzene rings is 2. The average Bonchev–Trinajstić information content (AvgIpc) is 2.97. The summed E-state index contributed by atoms with van der Waals surface area (Å²) >= 11 is 6.16. The molecule has 140 valence electrons. The molecule has 1 amide bonds. The number of carbonyl (C=O) groups is 1. The van der Waals surface area contributed by atoms with E-state index in [1.165, 1.54) is 0 Å². The number of rotatable bonds is 3. The van der Waals surface area contributed by atoms with E-state index in [0.29, 0.717) is 10.1 Å². The van der Waals surface area contributed by atoms with Gasteiger partial charge in [0.1, 0.15) is 22.8 Å². The highest BCUT2D eigenvalue weighted by Crippen LogP contribution is 2.28. The van der Waals surface area contributed by atoms with Crippen LogP contribution in [0.5, 0.6) is 0 Å². The van der Waals surface area contributed by atoms with E-state index in [4.69, 9.17) is 17.3 Å². The van der Waals surface area contributed by atoms with Gasteiger partial charge in [-0.05, 0) is 24.3 Å². The summed E-state index contributed by atoms with van der Waals surface area (Å²) in [5.41, 5.74) is 3.51. The third-order valence-corrected chi connectivity index (χ3v) is 4.38. The van der Waals surface area contributed by atoms with Gasteiger partial charge in [0, 0.05) is 5.56 Å². The van der Waals surface area contributed by atoms with Gasteiger partial charge >= 0.3 is 5.69 Å². The minimum atomic E-state index is -0.985. The SMILES string of the molecule is NC(=O)c1nc(-c2ccccc2Cl)nc2c1[nH]c(=O)n2-c1c(F)cccc1F. The van der Waals surface area contributed by atoms with E-state index >= 15 is 0 Å². The Labute approximate surface area is 160 Å². The van der Waals surface area contributed by atoms with Crippen molar-refractivity contribution in [2.24, 2.45) is 5.73 Å². The van der Waals surface area contributed by atoms with Crippen LogP contribution >= 0.6 is 11.6 Å². The van der Waals surface area contributed by atoms with Crippen molar-refractivity contribution >= 4 is 28.7 Å². The van der Waals surface area contributed by atoms with Gasteiger partial charge < -0.3 is 10.7 Å². The highest BCUT2D eigenvalue weighted by atomic mass is 35.5. The van der Waals surface area contributed by atoms with E-state index in [9.17, 15) is 18.4 Å². The smallest absolute Gasteiger partial charge is 0.332 e. The van der Waals surface area contributed by atoms with E-state index in [0.717, 1.165) is 18.2 Å². The number of hydrogen-bond acceptors (Lipinski definition) is 4. The molecule has 4 rings (SSSR count). The second-order valence-corrected chi connectivity index (χ2v) is 6.18. The molecule has 0 aliphatic carbocycles. The van der Waals surface area contributed by atoms with Crippen molar-refractivity contribution in [1.29, 1.82) is 0 Å². The Morgan fingerprint density at radius 2 is 1.75 bits per heavy atom. The summed E-state index contributed by atoms with van der Waals surface area (Å²) in [7, 11) is 0. The average molecular weight is 402 g/mol. The molecular weight excluding hydrogens is 392 g/mol. The van der Waals surface area contributed by atoms with Crippen LogP contribution in [-0.2, 0) is 0 Å². The number of carbonyl (C=O) groups excluding carboxylic acids is 1. The van der Waals surface area contributed by atoms with Crippen LogP contribution in [0.4, 0.5) is 8.78 Å². The molecule has 3 N–H and O–H groups in total. The van der Waals surface area contributed by atoms with E-state index in [2.05, 4.69) is 15.0 Å². The number of fused-ring (bicyclic) bond motifs is 1. The molecule has 0 aliphatic heterocycles. The van der Waals surface area contributed by atoms with Crippen molar-refractivity contribution < 1.29 is 13.6 Å². The predicted octanol–water partition coefficient (Wildman–Crippen LogP) is 2.81. The number of H-pyrrole nitrogens is 1. The number of nitrogens with zero attached hydrogens (tertiary/aromatic N) is 3. The Hall–Kier alpha value is -3.59. The van der Waals surface area contributed by atoms with Gasteiger partial charge in [0.05, 0.1) is 5.02 Å². The fraction of sp³-hybridized carbons (Fsp3) is 0. The van der Waals surface area contributed by atoms with E-state index in [1.807, 2.05) is 0 Å². The molecule has 2 heterocycles. The van der Waals surface area contributed by atoms with E-state index in [1.54, 1.807) is 24.3 Å². The lowest BCUT2D eigenvalue weighted by Gasteiger charge is -2.08. The van der Waals surface area contributed by atoms with Crippen LogP contribution in [0.2, 0.25) is 5.02 Å². The summed E-state index contributed by atoms with van der Waals surface area (Å²) in [4.78, 5) is 35.0. The topological polar surface area (TPSA) is 107 Å². The van der Waals surface area contributed by atoms with E-state index in [-0.39, 0.29) is 27.7 Å². The highest BCUT2D eigenvalue weighted by Gasteiger charge is 2.23. The molecule has 0 fully saturated rings. The van der Waals surface area contributed by atoms with Gasteiger partial charge in [-0.2, -0.15) is 0 Å². The van der Waals surface area contributed by atoms with Gasteiger partial charge in [0.15, 0.2) is 17.2 Å². The molecule has 2 aromatic carbocycles. The number of aromatic amines is 1. The number of amides is 1. The lowest BCUT2D eigenvalue weighted by molar-refractivity contribution is 0.0997. The number of halogens is 3. The lowest BCUT2D eigenvalue weighted by atomic mass is 10.2. The van der Waals surface area contributed by atoms with Crippen molar-refractivity contribution in [2.75, 3.05) is 0 Å². The van der Waals surface area contributed by atoms with Crippen LogP contribution < -0.4 is 11.4 Å². The summed E-state index contributed by atoms with van der Waals surface area (Å²) in [6.07, 6.45) is 0. The third-order valence-electron chi connectivity index (χ3n) is 4.05. The Morgan fingerprint density at radius 3 is 2.39 bits per heavy atom. The standard InChI is InChI=1S/C18H10ClF2N5O2/c19-9-5-2-1-4-8(9)16-23-12(15(22)27)13-17(25-16)26(18(28)24-13)14-10(20)6-3-7-11(14)21/h1-7H,(H2,22,27)(H,24,28). The van der Waals surface area contributed by atoms with Crippen molar-refractivity contribution in [1.82, 2.24) is 19.5 Å². The number of hydrogen-bond donors (Lipinski definition) is 2. The first-order chi connectivity index (χ1) is 13.4. The molecule has 0 unspecified atom stereocenters. The molecule has 2 aromatic heterocycles. The number of nitrogens with one attached hydrogen (secondary N) is 1. The quantitative estimate of drug-likeness (QED) is 0.550. The minimum absolute atomic E-state index is 0.0311. The summed E-state index contributed by atoms with van der Waals surface area (Å²) in [6, 6.07) is 9.67. The van der Waals surface area contributed by atoms with Crippen molar-refractivity contribution in [2.45, 2.75) is 0 Å². The summed E-state index contributed by atoms with van der Waals surface area (Å²) in [6.45, 7) is 0. The highest BCUT2D eigenvalue weighted by molar-refractivity contribution is 6.33. The first-order valence-electron chi connectivity index (χ1n) is 7.90. The second-order valence-electron chi connectivity index (χ2n) is 5.77. The number of aromatic nitrogens is 4. The zero-order valence-corrected chi connectivity index (χ0v) is 14.7. The maximum absolute atomic E-state index is 14.3.